The molecule has 1 aromatic carbocycles. The van der Waals surface area contributed by atoms with Crippen LogP contribution in [0.1, 0.15) is 10.4 Å². The first-order valence-electron chi connectivity index (χ1n) is 5.35. The Hall–Kier alpha value is -1.85. The normalized spacial score (nSPS) is 10.6. The van der Waals surface area contributed by atoms with E-state index in [0.29, 0.717) is 22.6 Å². The lowest BCUT2D eigenvalue weighted by Crippen LogP contribution is -2.08. The summed E-state index contributed by atoms with van der Waals surface area (Å²) in [5.41, 5.74) is 7.37. The lowest BCUT2D eigenvalue weighted by molar-refractivity contribution is 0.112. The minimum atomic E-state index is -0.0930. The average Bonchev–Trinajstić information content (AvgIpc) is 2.68. The van der Waals surface area contributed by atoms with Gasteiger partial charge in [0.05, 0.1) is 18.7 Å². The number of hydrogen-bond donors (Lipinski definition) is 2. The Labute approximate surface area is 109 Å². The second-order valence-corrected chi connectivity index (χ2v) is 4.16. The van der Waals surface area contributed by atoms with E-state index in [-0.39, 0.29) is 19.0 Å². The molecular weight excluding hydrogens is 254 g/mol. The number of aliphatic hydroxyl groups is 1. The van der Waals surface area contributed by atoms with Crippen LogP contribution in [-0.4, -0.2) is 27.8 Å². The second kappa shape index (κ2) is 5.20. The molecule has 94 valence electrons. The Morgan fingerprint density at radius 2 is 2.06 bits per heavy atom. The summed E-state index contributed by atoms with van der Waals surface area (Å²) in [5.74, 6) is 0.254. The van der Waals surface area contributed by atoms with Gasteiger partial charge in [0.15, 0.2) is 6.29 Å². The lowest BCUT2D eigenvalue weighted by atomic mass is 10.1. The van der Waals surface area contributed by atoms with Gasteiger partial charge in [-0.3, -0.25) is 4.79 Å². The molecule has 2 rings (SSSR count). The fourth-order valence-corrected chi connectivity index (χ4v) is 1.82. The largest absolute Gasteiger partial charge is 0.394 e. The molecule has 0 unspecified atom stereocenters. The predicted molar refractivity (Wildman–Crippen MR) is 69.6 cm³/mol. The number of nitrogen functional groups attached to an aromatic ring is 1. The molecule has 0 fully saturated rings. The first-order chi connectivity index (χ1) is 8.67. The van der Waals surface area contributed by atoms with Gasteiger partial charge in [0, 0.05) is 10.6 Å². The highest BCUT2D eigenvalue weighted by atomic mass is 35.5. The first kappa shape index (κ1) is 12.6. The quantitative estimate of drug-likeness (QED) is 0.823. The third-order valence-electron chi connectivity index (χ3n) is 2.58. The zero-order valence-electron chi connectivity index (χ0n) is 9.51. The molecule has 1 heterocycles. The van der Waals surface area contributed by atoms with Crippen LogP contribution >= 0.6 is 11.6 Å². The summed E-state index contributed by atoms with van der Waals surface area (Å²) in [5, 5.41) is 13.7. The number of rotatable bonds is 4. The summed E-state index contributed by atoms with van der Waals surface area (Å²) in [6.45, 7) is 0.157. The van der Waals surface area contributed by atoms with Gasteiger partial charge in [-0.1, -0.05) is 23.7 Å². The van der Waals surface area contributed by atoms with E-state index < -0.39 is 0 Å². The molecule has 5 nitrogen and oxygen atoms in total. The van der Waals surface area contributed by atoms with Gasteiger partial charge < -0.3 is 10.8 Å². The number of anilines is 1. The molecule has 2 aromatic rings. The van der Waals surface area contributed by atoms with Crippen molar-refractivity contribution in [1.82, 2.24) is 9.78 Å². The number of nitrogens with zero attached hydrogens (tertiary/aromatic N) is 2. The molecule has 0 aliphatic rings. The molecule has 0 aliphatic heterocycles. The van der Waals surface area contributed by atoms with Crippen LogP contribution in [0, 0.1) is 0 Å². The van der Waals surface area contributed by atoms with Crippen LogP contribution in [0.25, 0.3) is 11.3 Å². The Balaban J connectivity index is 2.52. The molecule has 0 spiro atoms. The molecule has 0 radical (unpaired) electrons. The molecule has 1 aromatic heterocycles. The molecule has 0 amide bonds. The minimum absolute atomic E-state index is 0.0930. The van der Waals surface area contributed by atoms with Gasteiger partial charge >= 0.3 is 0 Å². The van der Waals surface area contributed by atoms with E-state index in [1.807, 2.05) is 0 Å². The van der Waals surface area contributed by atoms with E-state index in [9.17, 15) is 4.79 Å². The molecule has 0 atom stereocenters. The van der Waals surface area contributed by atoms with E-state index in [1.165, 1.54) is 4.68 Å². The van der Waals surface area contributed by atoms with Crippen molar-refractivity contribution in [2.45, 2.75) is 6.54 Å². The van der Waals surface area contributed by atoms with Crippen LogP contribution in [0.3, 0.4) is 0 Å². The monoisotopic (exact) mass is 265 g/mol. The molecule has 0 aliphatic carbocycles. The number of benzene rings is 1. The third-order valence-corrected chi connectivity index (χ3v) is 2.83. The van der Waals surface area contributed by atoms with Crippen molar-refractivity contribution < 1.29 is 9.90 Å². The van der Waals surface area contributed by atoms with Crippen molar-refractivity contribution in [2.24, 2.45) is 0 Å². The zero-order valence-corrected chi connectivity index (χ0v) is 10.3. The summed E-state index contributed by atoms with van der Waals surface area (Å²) < 4.78 is 1.41. The highest BCUT2D eigenvalue weighted by Gasteiger charge is 2.16. The number of carbonyl (C=O) groups is 1. The number of aromatic nitrogens is 2. The van der Waals surface area contributed by atoms with E-state index in [1.54, 1.807) is 24.3 Å². The van der Waals surface area contributed by atoms with Crippen molar-refractivity contribution in [3.63, 3.8) is 0 Å². The van der Waals surface area contributed by atoms with E-state index >= 15 is 0 Å². The molecule has 6 heteroatoms. The summed E-state index contributed by atoms with van der Waals surface area (Å²) in [6.07, 6.45) is 0.667. The molecule has 3 N–H and O–H groups in total. The van der Waals surface area contributed by atoms with Crippen molar-refractivity contribution in [3.05, 3.63) is 34.9 Å². The maximum Gasteiger partial charge on any atom is 0.156 e. The summed E-state index contributed by atoms with van der Waals surface area (Å²) in [7, 11) is 0. The smallest absolute Gasteiger partial charge is 0.156 e. The molecule has 0 saturated carbocycles. The van der Waals surface area contributed by atoms with E-state index in [0.717, 1.165) is 5.56 Å². The second-order valence-electron chi connectivity index (χ2n) is 3.72. The Morgan fingerprint density at radius 3 is 2.61 bits per heavy atom. The Morgan fingerprint density at radius 1 is 1.39 bits per heavy atom. The van der Waals surface area contributed by atoms with Crippen LogP contribution in [-0.2, 0) is 6.54 Å². The Bertz CT molecular complexity index is 563. The number of aliphatic hydroxyl groups excluding tert-OH is 1. The molecule has 18 heavy (non-hydrogen) atoms. The van der Waals surface area contributed by atoms with Gasteiger partial charge in [-0.15, -0.1) is 0 Å². The number of carbonyl (C=O) groups excluding carboxylic acids is 1. The minimum Gasteiger partial charge on any atom is -0.394 e. The Kier molecular flexibility index (Phi) is 3.64. The average molecular weight is 266 g/mol. The standard InChI is InChI=1S/C12H12ClN3O2/c13-9-3-1-8(2-4-9)11-10(7-18)12(14)16(15-11)5-6-17/h1-4,7,17H,5-6,14H2. The van der Waals surface area contributed by atoms with Crippen molar-refractivity contribution in [3.8, 4) is 11.3 Å². The highest BCUT2D eigenvalue weighted by Crippen LogP contribution is 2.26. The predicted octanol–water partition coefficient (Wildman–Crippen LogP) is 1.59. The fraction of sp³-hybridized carbons (Fsp3) is 0.167. The number of aldehydes is 1. The van der Waals surface area contributed by atoms with Gasteiger partial charge in [0.25, 0.3) is 0 Å². The lowest BCUT2D eigenvalue weighted by Gasteiger charge is -1.99. The number of nitrogens with two attached hydrogens (primary N) is 1. The van der Waals surface area contributed by atoms with Crippen molar-refractivity contribution in [1.29, 1.82) is 0 Å². The first-order valence-corrected chi connectivity index (χ1v) is 5.73. The SMILES string of the molecule is Nc1c(C=O)c(-c2ccc(Cl)cc2)nn1CCO. The summed E-state index contributed by atoms with van der Waals surface area (Å²) in [4.78, 5) is 11.1. The maximum atomic E-state index is 11.1. The molecular formula is C12H12ClN3O2. The van der Waals surface area contributed by atoms with Gasteiger partial charge in [0.1, 0.15) is 11.5 Å². The summed E-state index contributed by atoms with van der Waals surface area (Å²) in [6, 6.07) is 6.96. The van der Waals surface area contributed by atoms with Crippen LogP contribution < -0.4 is 5.73 Å². The number of halogens is 1. The fourth-order valence-electron chi connectivity index (χ4n) is 1.69. The van der Waals surface area contributed by atoms with Crippen LogP contribution in [0.4, 0.5) is 5.82 Å². The molecule has 0 saturated heterocycles. The van der Waals surface area contributed by atoms with Crippen LogP contribution in [0.2, 0.25) is 5.02 Å². The van der Waals surface area contributed by atoms with Gasteiger partial charge in [-0.05, 0) is 12.1 Å². The van der Waals surface area contributed by atoms with Crippen LogP contribution in [0.5, 0.6) is 0 Å². The highest BCUT2D eigenvalue weighted by molar-refractivity contribution is 6.30. The zero-order chi connectivity index (χ0) is 13.1. The van der Waals surface area contributed by atoms with E-state index in [4.69, 9.17) is 22.4 Å². The maximum absolute atomic E-state index is 11.1. The van der Waals surface area contributed by atoms with Gasteiger partial charge in [-0.25, -0.2) is 4.68 Å². The van der Waals surface area contributed by atoms with E-state index in [2.05, 4.69) is 5.10 Å². The van der Waals surface area contributed by atoms with Crippen molar-refractivity contribution in [2.75, 3.05) is 12.3 Å². The van der Waals surface area contributed by atoms with Gasteiger partial charge in [-0.2, -0.15) is 5.10 Å². The van der Waals surface area contributed by atoms with Gasteiger partial charge in [0.2, 0.25) is 0 Å². The summed E-state index contributed by atoms with van der Waals surface area (Å²) >= 11 is 5.81. The topological polar surface area (TPSA) is 81.1 Å². The number of hydrogen-bond acceptors (Lipinski definition) is 4. The van der Waals surface area contributed by atoms with Crippen molar-refractivity contribution >= 4 is 23.7 Å². The molecule has 0 bridgehead atoms. The van der Waals surface area contributed by atoms with Crippen LogP contribution in [0.15, 0.2) is 24.3 Å². The third kappa shape index (κ3) is 2.23.